The Morgan fingerprint density at radius 2 is 1.88 bits per heavy atom. The predicted octanol–water partition coefficient (Wildman–Crippen LogP) is 4.53. The van der Waals surface area contributed by atoms with Crippen molar-refractivity contribution in [2.45, 2.75) is 19.4 Å². The van der Waals surface area contributed by atoms with Crippen LogP contribution in [0.2, 0.25) is 5.02 Å². The van der Waals surface area contributed by atoms with Gasteiger partial charge in [0.1, 0.15) is 11.8 Å². The monoisotopic (exact) mass is 477 g/mol. The summed E-state index contributed by atoms with van der Waals surface area (Å²) in [5.74, 6) is -0.785. The molecular formula is C26H24ClN3O4. The van der Waals surface area contributed by atoms with Gasteiger partial charge in [0.15, 0.2) is 0 Å². The van der Waals surface area contributed by atoms with Crippen LogP contribution >= 0.6 is 11.6 Å². The third kappa shape index (κ3) is 4.79. The minimum absolute atomic E-state index is 0.223. The Kier molecular flexibility index (Phi) is 6.93. The van der Waals surface area contributed by atoms with E-state index in [0.29, 0.717) is 41.4 Å². The highest BCUT2D eigenvalue weighted by atomic mass is 35.5. The maximum atomic E-state index is 13.0. The van der Waals surface area contributed by atoms with Crippen molar-refractivity contribution in [1.82, 2.24) is 15.2 Å². The minimum atomic E-state index is -0.369. The molecule has 0 saturated heterocycles. The second kappa shape index (κ2) is 10.1. The van der Waals surface area contributed by atoms with Crippen molar-refractivity contribution in [2.24, 2.45) is 0 Å². The topological polar surface area (TPSA) is 88.6 Å². The molecule has 0 radical (unpaired) electrons. The fraction of sp³-hybridized carbons (Fsp3) is 0.231. The molecule has 8 heteroatoms. The molecule has 7 nitrogen and oxygen atoms in total. The Morgan fingerprint density at radius 1 is 1.12 bits per heavy atom. The van der Waals surface area contributed by atoms with Crippen LogP contribution in [0.5, 0.6) is 0 Å². The van der Waals surface area contributed by atoms with E-state index in [1.165, 1.54) is 0 Å². The van der Waals surface area contributed by atoms with Crippen LogP contribution in [-0.4, -0.2) is 47.8 Å². The first-order valence-electron chi connectivity index (χ1n) is 11.0. The van der Waals surface area contributed by atoms with Gasteiger partial charge in [-0.3, -0.25) is 14.6 Å². The number of fused-ring (bicyclic) bond motifs is 1. The lowest BCUT2D eigenvalue weighted by Gasteiger charge is -2.20. The molecule has 174 valence electrons. The number of nitrogens with one attached hydrogen (secondary N) is 1. The molecule has 1 atom stereocenters. The highest BCUT2D eigenvalue weighted by Gasteiger charge is 2.30. The number of esters is 1. The second-order valence-electron chi connectivity index (χ2n) is 7.98. The molecule has 2 heterocycles. The van der Waals surface area contributed by atoms with E-state index < -0.39 is 0 Å². The Bertz CT molecular complexity index is 1240. The molecule has 34 heavy (non-hydrogen) atoms. The molecule has 2 amide bonds. The molecule has 1 unspecified atom stereocenters. The number of cyclic esters (lactones) is 1. The number of hydrogen-bond donors (Lipinski definition) is 1. The van der Waals surface area contributed by atoms with Crippen molar-refractivity contribution in [3.05, 3.63) is 88.2 Å². The Morgan fingerprint density at radius 3 is 2.59 bits per heavy atom. The van der Waals surface area contributed by atoms with Crippen LogP contribution < -0.4 is 5.32 Å². The molecule has 2 aromatic carbocycles. The zero-order valence-corrected chi connectivity index (χ0v) is 19.6. The van der Waals surface area contributed by atoms with E-state index in [4.69, 9.17) is 16.3 Å². The number of nitrogens with zero attached hydrogens (tertiary/aromatic N) is 2. The molecule has 0 bridgehead atoms. The van der Waals surface area contributed by atoms with Gasteiger partial charge in [-0.25, -0.2) is 4.79 Å². The van der Waals surface area contributed by atoms with Gasteiger partial charge in [0, 0.05) is 43.9 Å². The summed E-state index contributed by atoms with van der Waals surface area (Å²) >= 11 is 6.45. The van der Waals surface area contributed by atoms with Crippen molar-refractivity contribution in [1.29, 1.82) is 0 Å². The highest BCUT2D eigenvalue weighted by molar-refractivity contribution is 6.34. The van der Waals surface area contributed by atoms with E-state index in [9.17, 15) is 14.4 Å². The van der Waals surface area contributed by atoms with Gasteiger partial charge in [0.2, 0.25) is 0 Å². The maximum absolute atomic E-state index is 13.0. The van der Waals surface area contributed by atoms with Gasteiger partial charge < -0.3 is 15.0 Å². The second-order valence-corrected chi connectivity index (χ2v) is 8.39. The van der Waals surface area contributed by atoms with E-state index in [2.05, 4.69) is 10.3 Å². The molecular weight excluding hydrogens is 454 g/mol. The van der Waals surface area contributed by atoms with Gasteiger partial charge >= 0.3 is 5.97 Å². The zero-order valence-electron chi connectivity index (χ0n) is 18.9. The molecule has 1 aromatic heterocycles. The first-order chi connectivity index (χ1) is 16.4. The summed E-state index contributed by atoms with van der Waals surface area (Å²) in [6.07, 6.45) is 1.72. The summed E-state index contributed by atoms with van der Waals surface area (Å²) in [6, 6.07) is 15.9. The summed E-state index contributed by atoms with van der Waals surface area (Å²) in [5.41, 5.74) is 3.71. The van der Waals surface area contributed by atoms with Crippen molar-refractivity contribution in [2.75, 3.05) is 20.1 Å². The minimum Gasteiger partial charge on any atom is -0.454 e. The van der Waals surface area contributed by atoms with Crippen LogP contribution in [0.25, 0.3) is 11.1 Å². The zero-order chi connectivity index (χ0) is 24.2. The Hall–Kier alpha value is -3.71. The average molecular weight is 478 g/mol. The number of hydrogen-bond acceptors (Lipinski definition) is 5. The summed E-state index contributed by atoms with van der Waals surface area (Å²) in [7, 11) is 1.69. The van der Waals surface area contributed by atoms with Crippen LogP contribution in [-0.2, 0) is 4.74 Å². The summed E-state index contributed by atoms with van der Waals surface area (Å²) in [5, 5.41) is 3.03. The van der Waals surface area contributed by atoms with Gasteiger partial charge in [-0.15, -0.1) is 0 Å². The Balaban J connectivity index is 1.42. The van der Waals surface area contributed by atoms with Crippen LogP contribution in [0.1, 0.15) is 56.2 Å². The lowest BCUT2D eigenvalue weighted by molar-refractivity contribution is 0.0349. The van der Waals surface area contributed by atoms with Crippen molar-refractivity contribution in [3.63, 3.8) is 0 Å². The van der Waals surface area contributed by atoms with E-state index in [1.54, 1.807) is 60.6 Å². The van der Waals surface area contributed by atoms with E-state index in [-0.39, 0.29) is 23.9 Å². The molecule has 4 rings (SSSR count). The fourth-order valence-corrected chi connectivity index (χ4v) is 4.13. The summed E-state index contributed by atoms with van der Waals surface area (Å²) in [6.45, 7) is 2.77. The predicted molar refractivity (Wildman–Crippen MR) is 129 cm³/mol. The van der Waals surface area contributed by atoms with Crippen LogP contribution in [0.15, 0.2) is 60.8 Å². The summed E-state index contributed by atoms with van der Waals surface area (Å²) < 4.78 is 5.46. The molecule has 3 aromatic rings. The number of halogens is 1. The summed E-state index contributed by atoms with van der Waals surface area (Å²) in [4.78, 5) is 42.6. The third-order valence-electron chi connectivity index (χ3n) is 5.72. The van der Waals surface area contributed by atoms with Crippen molar-refractivity contribution < 1.29 is 19.1 Å². The third-order valence-corrected chi connectivity index (χ3v) is 6.03. The largest absolute Gasteiger partial charge is 0.454 e. The van der Waals surface area contributed by atoms with Gasteiger partial charge in [-0.2, -0.15) is 0 Å². The quantitative estimate of drug-likeness (QED) is 0.505. The molecule has 0 saturated carbocycles. The number of carbonyl (C=O) groups excluding carboxylic acids is 3. The fourth-order valence-electron chi connectivity index (χ4n) is 3.87. The molecule has 0 fully saturated rings. The smallest absolute Gasteiger partial charge is 0.339 e. The SMILES string of the molecule is CCNC(=O)c1ccc(-c2ccc(C(=O)N(C)CCC3OC(=O)c4ccccc43)c(Cl)c2)cn1. The number of benzene rings is 2. The van der Waals surface area contributed by atoms with Gasteiger partial charge in [0.05, 0.1) is 16.1 Å². The van der Waals surface area contributed by atoms with E-state index in [1.807, 2.05) is 19.1 Å². The molecule has 1 N–H and O–H groups in total. The van der Waals surface area contributed by atoms with Crippen LogP contribution in [0, 0.1) is 0 Å². The highest BCUT2D eigenvalue weighted by Crippen LogP contribution is 2.33. The molecule has 1 aliphatic heterocycles. The molecule has 0 spiro atoms. The number of pyridine rings is 1. The average Bonchev–Trinajstić information content (AvgIpc) is 3.18. The maximum Gasteiger partial charge on any atom is 0.339 e. The number of ether oxygens (including phenoxy) is 1. The standard InChI is InChI=1S/C26H24ClN3O4/c1-3-28-24(31)22-11-9-17(15-29-22)16-8-10-20(21(27)14-16)25(32)30(2)13-12-23-18-6-4-5-7-19(18)26(33)34-23/h4-11,14-15,23H,3,12-13H2,1-2H3,(H,28,31). The molecule has 1 aliphatic rings. The van der Waals surface area contributed by atoms with Gasteiger partial charge in [-0.05, 0) is 36.8 Å². The lowest BCUT2D eigenvalue weighted by Crippen LogP contribution is -2.29. The van der Waals surface area contributed by atoms with Crippen molar-refractivity contribution >= 4 is 29.4 Å². The first-order valence-corrected chi connectivity index (χ1v) is 11.4. The lowest BCUT2D eigenvalue weighted by atomic mass is 10.0. The number of rotatable bonds is 7. The number of aromatic nitrogens is 1. The van der Waals surface area contributed by atoms with E-state index in [0.717, 1.165) is 16.7 Å². The first kappa shape index (κ1) is 23.4. The van der Waals surface area contributed by atoms with Crippen LogP contribution in [0.4, 0.5) is 0 Å². The molecule has 0 aliphatic carbocycles. The van der Waals surface area contributed by atoms with Crippen LogP contribution in [0.3, 0.4) is 0 Å². The van der Waals surface area contributed by atoms with Gasteiger partial charge in [0.25, 0.3) is 11.8 Å². The number of amides is 2. The van der Waals surface area contributed by atoms with E-state index >= 15 is 0 Å². The Labute approximate surface area is 202 Å². The van der Waals surface area contributed by atoms with Gasteiger partial charge in [-0.1, -0.05) is 41.9 Å². The number of carbonyl (C=O) groups is 3. The normalized spacial score (nSPS) is 14.3. The van der Waals surface area contributed by atoms with Crippen molar-refractivity contribution in [3.8, 4) is 11.1 Å².